The van der Waals surface area contributed by atoms with Crippen LogP contribution in [0.15, 0.2) is 30.3 Å². The van der Waals surface area contributed by atoms with Crippen LogP contribution < -0.4 is 9.64 Å². The van der Waals surface area contributed by atoms with E-state index in [4.69, 9.17) is 21.1 Å². The molecule has 0 N–H and O–H groups in total. The molecule has 0 bridgehead atoms. The van der Waals surface area contributed by atoms with E-state index >= 15 is 0 Å². The van der Waals surface area contributed by atoms with Gasteiger partial charge in [-0.3, -0.25) is 0 Å². The van der Waals surface area contributed by atoms with Crippen LogP contribution in [0.25, 0.3) is 11.1 Å². The zero-order valence-electron chi connectivity index (χ0n) is 12.8. The van der Waals surface area contributed by atoms with Crippen molar-refractivity contribution in [2.24, 2.45) is 0 Å². The van der Waals surface area contributed by atoms with Crippen LogP contribution in [0.1, 0.15) is 5.56 Å². The number of aromatic nitrogens is 1. The monoisotopic (exact) mass is 329 g/mol. The van der Waals surface area contributed by atoms with Gasteiger partial charge < -0.3 is 14.4 Å². The molecule has 1 aliphatic rings. The van der Waals surface area contributed by atoms with Gasteiger partial charge in [-0.2, -0.15) is 5.26 Å². The van der Waals surface area contributed by atoms with E-state index in [1.54, 1.807) is 7.11 Å². The second kappa shape index (κ2) is 6.86. The zero-order valence-corrected chi connectivity index (χ0v) is 13.5. The molecule has 23 heavy (non-hydrogen) atoms. The van der Waals surface area contributed by atoms with Gasteiger partial charge in [0.1, 0.15) is 22.8 Å². The van der Waals surface area contributed by atoms with E-state index in [0.717, 1.165) is 35.8 Å². The highest BCUT2D eigenvalue weighted by Crippen LogP contribution is 2.32. The van der Waals surface area contributed by atoms with Crippen molar-refractivity contribution in [3.63, 3.8) is 0 Å². The second-order valence-corrected chi connectivity index (χ2v) is 5.49. The third-order valence-electron chi connectivity index (χ3n) is 3.81. The fraction of sp³-hybridized carbons (Fsp3) is 0.294. The van der Waals surface area contributed by atoms with Crippen LogP contribution in [-0.2, 0) is 4.74 Å². The van der Waals surface area contributed by atoms with E-state index < -0.39 is 0 Å². The highest BCUT2D eigenvalue weighted by atomic mass is 35.5. The Balaban J connectivity index is 2.05. The molecule has 0 radical (unpaired) electrons. The molecule has 0 amide bonds. The molecule has 6 heteroatoms. The second-order valence-electron chi connectivity index (χ2n) is 5.13. The number of halogens is 1. The zero-order chi connectivity index (χ0) is 16.2. The summed E-state index contributed by atoms with van der Waals surface area (Å²) in [6.07, 6.45) is 0. The van der Waals surface area contributed by atoms with E-state index in [2.05, 4.69) is 16.0 Å². The Bertz CT molecular complexity index is 735. The summed E-state index contributed by atoms with van der Waals surface area (Å²) in [5.74, 6) is 1.53. The lowest BCUT2D eigenvalue weighted by Crippen LogP contribution is -2.36. The van der Waals surface area contributed by atoms with Crippen molar-refractivity contribution in [1.29, 1.82) is 5.26 Å². The van der Waals surface area contributed by atoms with Gasteiger partial charge in [-0.25, -0.2) is 4.98 Å². The van der Waals surface area contributed by atoms with Gasteiger partial charge in [-0.1, -0.05) is 23.7 Å². The Morgan fingerprint density at radius 3 is 2.57 bits per heavy atom. The summed E-state index contributed by atoms with van der Waals surface area (Å²) >= 11 is 6.25. The molecule has 2 aromatic rings. The summed E-state index contributed by atoms with van der Waals surface area (Å²) in [5.41, 5.74) is 2.06. The van der Waals surface area contributed by atoms with Gasteiger partial charge in [0.05, 0.1) is 25.9 Å². The van der Waals surface area contributed by atoms with Crippen molar-refractivity contribution >= 4 is 17.4 Å². The summed E-state index contributed by atoms with van der Waals surface area (Å²) in [6.45, 7) is 2.85. The standard InChI is InChI=1S/C17H16ClN3O2/c1-22-13-4-2-12(3-5-13)14-10-16(20-17(18)15(14)11-19)21-6-8-23-9-7-21/h2-5,10H,6-9H2,1H3. The molecule has 2 heterocycles. The molecule has 1 aromatic carbocycles. The summed E-state index contributed by atoms with van der Waals surface area (Å²) in [4.78, 5) is 6.49. The van der Waals surface area contributed by atoms with Gasteiger partial charge >= 0.3 is 0 Å². The molecule has 0 atom stereocenters. The molecule has 0 spiro atoms. The van der Waals surface area contributed by atoms with Crippen LogP contribution in [-0.4, -0.2) is 38.4 Å². The number of rotatable bonds is 3. The highest BCUT2D eigenvalue weighted by Gasteiger charge is 2.18. The third kappa shape index (κ3) is 3.24. The lowest BCUT2D eigenvalue weighted by molar-refractivity contribution is 0.122. The SMILES string of the molecule is COc1ccc(-c2cc(N3CCOCC3)nc(Cl)c2C#N)cc1. The third-order valence-corrected chi connectivity index (χ3v) is 4.08. The van der Waals surface area contributed by atoms with E-state index in [-0.39, 0.29) is 5.15 Å². The Hall–Kier alpha value is -2.29. The number of morpholine rings is 1. The fourth-order valence-corrected chi connectivity index (χ4v) is 2.79. The van der Waals surface area contributed by atoms with Crippen LogP contribution >= 0.6 is 11.6 Å². The fourth-order valence-electron chi connectivity index (χ4n) is 2.56. The maximum atomic E-state index is 9.43. The first-order valence-corrected chi connectivity index (χ1v) is 7.68. The molecule has 1 aliphatic heterocycles. The van der Waals surface area contributed by atoms with Crippen LogP contribution in [0.5, 0.6) is 5.75 Å². The number of hydrogen-bond donors (Lipinski definition) is 0. The first kappa shape index (κ1) is 15.6. The van der Waals surface area contributed by atoms with Crippen molar-refractivity contribution in [3.8, 4) is 22.9 Å². The minimum Gasteiger partial charge on any atom is -0.497 e. The van der Waals surface area contributed by atoms with Gasteiger partial charge in [0.15, 0.2) is 0 Å². The van der Waals surface area contributed by atoms with Crippen LogP contribution in [0.4, 0.5) is 5.82 Å². The minimum atomic E-state index is 0.224. The molecule has 1 saturated heterocycles. The average Bonchev–Trinajstić information content (AvgIpc) is 2.62. The number of ether oxygens (including phenoxy) is 2. The number of nitrogens with zero attached hydrogens (tertiary/aromatic N) is 3. The van der Waals surface area contributed by atoms with Crippen molar-refractivity contribution in [3.05, 3.63) is 41.0 Å². The molecule has 0 aliphatic carbocycles. The normalized spacial score (nSPS) is 14.4. The number of nitriles is 1. The smallest absolute Gasteiger partial charge is 0.149 e. The molecule has 5 nitrogen and oxygen atoms in total. The molecule has 1 aromatic heterocycles. The lowest BCUT2D eigenvalue weighted by Gasteiger charge is -2.28. The maximum absolute atomic E-state index is 9.43. The largest absolute Gasteiger partial charge is 0.497 e. The summed E-state index contributed by atoms with van der Waals surface area (Å²) < 4.78 is 10.5. The van der Waals surface area contributed by atoms with Crippen LogP contribution in [0.2, 0.25) is 5.15 Å². The Labute approximate surface area is 140 Å². The van der Waals surface area contributed by atoms with E-state index in [1.165, 1.54) is 0 Å². The molecule has 0 saturated carbocycles. The molecule has 3 rings (SSSR count). The van der Waals surface area contributed by atoms with Crippen molar-refractivity contribution in [1.82, 2.24) is 4.98 Å². The summed E-state index contributed by atoms with van der Waals surface area (Å²) in [6, 6.07) is 11.6. The molecule has 118 valence electrons. The number of benzene rings is 1. The molecule has 0 unspecified atom stereocenters. The lowest BCUT2D eigenvalue weighted by atomic mass is 10.0. The Morgan fingerprint density at radius 1 is 1.26 bits per heavy atom. The predicted molar refractivity (Wildman–Crippen MR) is 89.0 cm³/mol. The average molecular weight is 330 g/mol. The highest BCUT2D eigenvalue weighted by molar-refractivity contribution is 6.31. The number of pyridine rings is 1. The van der Waals surface area contributed by atoms with Crippen molar-refractivity contribution in [2.45, 2.75) is 0 Å². The van der Waals surface area contributed by atoms with Crippen LogP contribution in [0, 0.1) is 11.3 Å². The van der Waals surface area contributed by atoms with Gasteiger partial charge in [-0.05, 0) is 23.8 Å². The minimum absolute atomic E-state index is 0.224. The first-order chi connectivity index (χ1) is 11.2. The van der Waals surface area contributed by atoms with Crippen LogP contribution in [0.3, 0.4) is 0 Å². The van der Waals surface area contributed by atoms with E-state index in [0.29, 0.717) is 18.8 Å². The number of methoxy groups -OCH3 is 1. The van der Waals surface area contributed by atoms with Crippen molar-refractivity contribution in [2.75, 3.05) is 38.3 Å². The molecule has 1 fully saturated rings. The molecular weight excluding hydrogens is 314 g/mol. The first-order valence-electron chi connectivity index (χ1n) is 7.30. The predicted octanol–water partition coefficient (Wildman–Crippen LogP) is 3.12. The molecular formula is C17H16ClN3O2. The van der Waals surface area contributed by atoms with E-state index in [1.807, 2.05) is 30.3 Å². The Kier molecular flexibility index (Phi) is 4.65. The maximum Gasteiger partial charge on any atom is 0.149 e. The van der Waals surface area contributed by atoms with Gasteiger partial charge in [0, 0.05) is 18.7 Å². The van der Waals surface area contributed by atoms with E-state index in [9.17, 15) is 5.26 Å². The van der Waals surface area contributed by atoms with Gasteiger partial charge in [0.2, 0.25) is 0 Å². The topological polar surface area (TPSA) is 58.4 Å². The quantitative estimate of drug-likeness (QED) is 0.810. The van der Waals surface area contributed by atoms with Gasteiger partial charge in [-0.15, -0.1) is 0 Å². The number of hydrogen-bond acceptors (Lipinski definition) is 5. The van der Waals surface area contributed by atoms with Gasteiger partial charge in [0.25, 0.3) is 0 Å². The Morgan fingerprint density at radius 2 is 1.96 bits per heavy atom. The summed E-state index contributed by atoms with van der Waals surface area (Å²) in [5, 5.41) is 9.65. The number of anilines is 1. The van der Waals surface area contributed by atoms with Crippen molar-refractivity contribution < 1.29 is 9.47 Å². The summed E-state index contributed by atoms with van der Waals surface area (Å²) in [7, 11) is 1.62.